The Morgan fingerprint density at radius 1 is 1.44 bits per heavy atom. The van der Waals surface area contributed by atoms with E-state index < -0.39 is 33.8 Å². The summed E-state index contributed by atoms with van der Waals surface area (Å²) < 4.78 is 26.1. The average molecular weight is 233 g/mol. The van der Waals surface area contributed by atoms with Gasteiger partial charge in [-0.2, -0.15) is 8.78 Å². The fourth-order valence-electron chi connectivity index (χ4n) is 1.05. The minimum atomic E-state index is -4.43. The van der Waals surface area contributed by atoms with Crippen LogP contribution in [0.15, 0.2) is 18.2 Å². The van der Waals surface area contributed by atoms with Crippen LogP contribution in [0.25, 0.3) is 0 Å². The van der Waals surface area contributed by atoms with Crippen molar-refractivity contribution in [3.63, 3.8) is 0 Å². The number of nitrogens with zero attached hydrogens (tertiary/aromatic N) is 1. The van der Waals surface area contributed by atoms with E-state index in [1.165, 1.54) is 0 Å². The first-order chi connectivity index (χ1) is 7.26. The van der Waals surface area contributed by atoms with Crippen LogP contribution in [0.4, 0.5) is 14.5 Å². The molecule has 1 rings (SSSR count). The van der Waals surface area contributed by atoms with E-state index in [9.17, 15) is 23.7 Å². The fraction of sp³-hybridized carbons (Fsp3) is 0.125. The largest absolute Gasteiger partial charge is 0.508 e. The van der Waals surface area contributed by atoms with Gasteiger partial charge in [0.15, 0.2) is 0 Å². The first kappa shape index (κ1) is 11.8. The standard InChI is InChI=1S/C8H5F2NO5/c9-8(10,7(13)14)5-3-4(12)1-2-6(5)11(15)16/h1-3,12H,(H,13,14). The summed E-state index contributed by atoms with van der Waals surface area (Å²) in [5, 5.41) is 27.6. The Hall–Kier alpha value is -2.25. The summed E-state index contributed by atoms with van der Waals surface area (Å²) in [5.74, 6) is -7.64. The van der Waals surface area contributed by atoms with Gasteiger partial charge in [0.25, 0.3) is 5.69 Å². The van der Waals surface area contributed by atoms with Crippen LogP contribution < -0.4 is 0 Å². The van der Waals surface area contributed by atoms with Crippen LogP contribution in [0.3, 0.4) is 0 Å². The second kappa shape index (κ2) is 3.72. The number of phenolic OH excluding ortho intramolecular Hbond substituents is 1. The normalized spacial score (nSPS) is 11.1. The lowest BCUT2D eigenvalue weighted by atomic mass is 10.1. The second-order valence-corrected chi connectivity index (χ2v) is 2.84. The molecule has 0 aliphatic rings. The monoisotopic (exact) mass is 233 g/mol. The van der Waals surface area contributed by atoms with Gasteiger partial charge in [0.2, 0.25) is 0 Å². The van der Waals surface area contributed by atoms with Crippen molar-refractivity contribution in [1.82, 2.24) is 0 Å². The van der Waals surface area contributed by atoms with E-state index in [-0.39, 0.29) is 0 Å². The van der Waals surface area contributed by atoms with Crippen molar-refractivity contribution in [2.24, 2.45) is 0 Å². The van der Waals surface area contributed by atoms with Gasteiger partial charge >= 0.3 is 11.9 Å². The van der Waals surface area contributed by atoms with E-state index >= 15 is 0 Å². The molecule has 1 aromatic carbocycles. The van der Waals surface area contributed by atoms with E-state index in [0.29, 0.717) is 12.1 Å². The molecule has 0 saturated carbocycles. The molecular weight excluding hydrogens is 228 g/mol. The van der Waals surface area contributed by atoms with Crippen LogP contribution in [-0.2, 0) is 10.7 Å². The van der Waals surface area contributed by atoms with Gasteiger partial charge < -0.3 is 10.2 Å². The number of hydrogen-bond acceptors (Lipinski definition) is 4. The summed E-state index contributed by atoms with van der Waals surface area (Å²) >= 11 is 0. The molecule has 0 aromatic heterocycles. The first-order valence-corrected chi connectivity index (χ1v) is 3.86. The molecule has 86 valence electrons. The summed E-state index contributed by atoms with van der Waals surface area (Å²) in [6.07, 6.45) is 0. The Morgan fingerprint density at radius 2 is 2.00 bits per heavy atom. The number of aromatic hydroxyl groups is 1. The van der Waals surface area contributed by atoms with E-state index in [2.05, 4.69) is 0 Å². The van der Waals surface area contributed by atoms with Crippen molar-refractivity contribution in [2.75, 3.05) is 0 Å². The van der Waals surface area contributed by atoms with Gasteiger partial charge in [-0.3, -0.25) is 10.1 Å². The number of carbonyl (C=O) groups is 1. The highest BCUT2D eigenvalue weighted by atomic mass is 19.3. The summed E-state index contributed by atoms with van der Waals surface area (Å²) in [7, 11) is 0. The van der Waals surface area contributed by atoms with Crippen LogP contribution in [0.1, 0.15) is 5.56 Å². The van der Waals surface area contributed by atoms with Crippen molar-refractivity contribution in [3.05, 3.63) is 33.9 Å². The van der Waals surface area contributed by atoms with Crippen molar-refractivity contribution in [3.8, 4) is 5.75 Å². The van der Waals surface area contributed by atoms with Gasteiger partial charge in [0.05, 0.1) is 4.92 Å². The predicted molar refractivity (Wildman–Crippen MR) is 46.3 cm³/mol. The highest BCUT2D eigenvalue weighted by molar-refractivity contribution is 5.79. The second-order valence-electron chi connectivity index (χ2n) is 2.84. The molecule has 0 radical (unpaired) electrons. The van der Waals surface area contributed by atoms with Gasteiger partial charge in [0.1, 0.15) is 11.3 Å². The Bertz CT molecular complexity index is 460. The van der Waals surface area contributed by atoms with E-state index in [4.69, 9.17) is 10.2 Å². The molecule has 0 atom stereocenters. The zero-order valence-corrected chi connectivity index (χ0v) is 7.55. The molecule has 0 unspecified atom stereocenters. The van der Waals surface area contributed by atoms with Crippen molar-refractivity contribution < 1.29 is 28.7 Å². The number of benzene rings is 1. The lowest BCUT2D eigenvalue weighted by Gasteiger charge is -2.11. The maximum atomic E-state index is 13.1. The molecule has 8 heteroatoms. The van der Waals surface area contributed by atoms with E-state index in [1.54, 1.807) is 0 Å². The fourth-order valence-corrected chi connectivity index (χ4v) is 1.05. The lowest BCUT2D eigenvalue weighted by molar-refractivity contribution is -0.386. The summed E-state index contributed by atoms with van der Waals surface area (Å²) in [6, 6.07) is 1.79. The molecular formula is C8H5F2NO5. The number of halogens is 2. The van der Waals surface area contributed by atoms with Crippen molar-refractivity contribution in [2.45, 2.75) is 5.92 Å². The smallest absolute Gasteiger partial charge is 0.379 e. The molecule has 0 aliphatic carbocycles. The number of nitro groups is 1. The molecule has 6 nitrogen and oxygen atoms in total. The third-order valence-corrected chi connectivity index (χ3v) is 1.78. The average Bonchev–Trinajstić information content (AvgIpc) is 2.16. The zero-order valence-electron chi connectivity index (χ0n) is 7.55. The number of alkyl halides is 2. The molecule has 0 amide bonds. The first-order valence-electron chi connectivity index (χ1n) is 3.86. The molecule has 0 fully saturated rings. The van der Waals surface area contributed by atoms with Crippen LogP contribution in [-0.4, -0.2) is 21.1 Å². The molecule has 0 aliphatic heterocycles. The number of carboxylic acid groups (broad SMARTS) is 1. The van der Waals surface area contributed by atoms with Crippen molar-refractivity contribution in [1.29, 1.82) is 0 Å². The van der Waals surface area contributed by atoms with Gasteiger partial charge in [-0.25, -0.2) is 4.79 Å². The minimum Gasteiger partial charge on any atom is -0.508 e. The molecule has 0 heterocycles. The number of carboxylic acids is 1. The minimum absolute atomic E-state index is 0.353. The SMILES string of the molecule is O=C(O)C(F)(F)c1cc(O)ccc1[N+](=O)[O-]. The lowest BCUT2D eigenvalue weighted by Crippen LogP contribution is -2.26. The van der Waals surface area contributed by atoms with Crippen LogP contribution in [0.2, 0.25) is 0 Å². The van der Waals surface area contributed by atoms with Gasteiger partial charge in [-0.05, 0) is 12.1 Å². The van der Waals surface area contributed by atoms with Gasteiger partial charge in [-0.1, -0.05) is 0 Å². The maximum Gasteiger partial charge on any atom is 0.379 e. The summed E-state index contributed by atoms with van der Waals surface area (Å²) in [6.45, 7) is 0. The predicted octanol–water partition coefficient (Wildman–Crippen LogP) is 1.48. The molecule has 16 heavy (non-hydrogen) atoms. The Morgan fingerprint density at radius 3 is 2.44 bits per heavy atom. The maximum absolute atomic E-state index is 13.1. The Labute approximate surface area is 86.9 Å². The summed E-state index contributed by atoms with van der Waals surface area (Å²) in [5.41, 5.74) is -2.42. The van der Waals surface area contributed by atoms with Gasteiger partial charge in [0, 0.05) is 6.07 Å². The third kappa shape index (κ3) is 1.90. The highest BCUT2D eigenvalue weighted by Crippen LogP contribution is 2.36. The molecule has 2 N–H and O–H groups in total. The molecule has 0 saturated heterocycles. The Kier molecular flexibility index (Phi) is 2.75. The number of nitro benzene ring substituents is 1. The Balaban J connectivity index is 3.47. The number of phenols is 1. The number of aliphatic carboxylic acids is 1. The quantitative estimate of drug-likeness (QED) is 0.608. The van der Waals surface area contributed by atoms with Crippen LogP contribution in [0.5, 0.6) is 5.75 Å². The van der Waals surface area contributed by atoms with Gasteiger partial charge in [-0.15, -0.1) is 0 Å². The topological polar surface area (TPSA) is 101 Å². The zero-order chi connectivity index (χ0) is 12.5. The highest BCUT2D eigenvalue weighted by Gasteiger charge is 2.46. The van der Waals surface area contributed by atoms with E-state index in [1.807, 2.05) is 0 Å². The number of hydrogen-bond donors (Lipinski definition) is 2. The van der Waals surface area contributed by atoms with E-state index in [0.717, 1.165) is 6.07 Å². The number of rotatable bonds is 3. The van der Waals surface area contributed by atoms with Crippen LogP contribution in [0, 0.1) is 10.1 Å². The molecule has 0 spiro atoms. The third-order valence-electron chi connectivity index (χ3n) is 1.78. The van der Waals surface area contributed by atoms with Crippen LogP contribution >= 0.6 is 0 Å². The summed E-state index contributed by atoms with van der Waals surface area (Å²) in [4.78, 5) is 19.5. The molecule has 1 aromatic rings. The molecule has 0 bridgehead atoms. The van der Waals surface area contributed by atoms with Crippen molar-refractivity contribution >= 4 is 11.7 Å².